The van der Waals surface area contributed by atoms with Crippen LogP contribution in [-0.4, -0.2) is 4.98 Å². The molecule has 0 aliphatic carbocycles. The Labute approximate surface area is 76.6 Å². The van der Waals surface area contributed by atoms with Crippen molar-refractivity contribution >= 4 is 10.9 Å². The molecule has 0 bridgehead atoms. The molecule has 13 heavy (non-hydrogen) atoms. The number of nitrogens with one attached hydrogen (secondary N) is 1. The number of halogens is 1. The Balaban J connectivity index is 2.83. The number of aromatic amines is 1. The summed E-state index contributed by atoms with van der Waals surface area (Å²) in [6, 6.07) is 5.37. The number of H-pyrrole nitrogens is 1. The maximum atomic E-state index is 13.3. The van der Waals surface area contributed by atoms with Gasteiger partial charge in [0.1, 0.15) is 5.82 Å². The Kier molecular flexibility index (Phi) is 1.83. The van der Waals surface area contributed by atoms with Crippen LogP contribution in [0.1, 0.15) is 18.2 Å². The van der Waals surface area contributed by atoms with Gasteiger partial charge in [-0.3, -0.25) is 0 Å². The van der Waals surface area contributed by atoms with E-state index in [4.69, 9.17) is 0 Å². The van der Waals surface area contributed by atoms with Crippen molar-refractivity contribution < 1.29 is 4.39 Å². The SMILES string of the molecule is CCc1ccc(F)c2[nH]c(C)cc12. The van der Waals surface area contributed by atoms with Gasteiger partial charge in [0, 0.05) is 11.1 Å². The van der Waals surface area contributed by atoms with Crippen LogP contribution in [0.2, 0.25) is 0 Å². The number of hydrogen-bond acceptors (Lipinski definition) is 0. The van der Waals surface area contributed by atoms with E-state index in [0.29, 0.717) is 5.52 Å². The van der Waals surface area contributed by atoms with E-state index in [-0.39, 0.29) is 5.82 Å². The number of rotatable bonds is 1. The monoisotopic (exact) mass is 177 g/mol. The van der Waals surface area contributed by atoms with Gasteiger partial charge in [0.15, 0.2) is 0 Å². The highest BCUT2D eigenvalue weighted by molar-refractivity contribution is 5.84. The summed E-state index contributed by atoms with van der Waals surface area (Å²) in [6.45, 7) is 4.02. The summed E-state index contributed by atoms with van der Waals surface area (Å²) >= 11 is 0. The molecule has 2 aromatic rings. The van der Waals surface area contributed by atoms with Gasteiger partial charge in [-0.25, -0.2) is 4.39 Å². The lowest BCUT2D eigenvalue weighted by atomic mass is 10.1. The molecule has 0 spiro atoms. The van der Waals surface area contributed by atoms with E-state index in [0.717, 1.165) is 17.5 Å². The maximum Gasteiger partial charge on any atom is 0.147 e. The predicted octanol–water partition coefficient (Wildman–Crippen LogP) is 3.18. The zero-order chi connectivity index (χ0) is 9.42. The third-order valence-corrected chi connectivity index (χ3v) is 2.35. The standard InChI is InChI=1S/C11H12FN/c1-3-8-4-5-10(12)11-9(8)6-7(2)13-11/h4-6,13H,3H2,1-2H3. The number of aryl methyl sites for hydroxylation is 2. The normalized spacial score (nSPS) is 11.0. The lowest BCUT2D eigenvalue weighted by Gasteiger charge is -1.99. The fourth-order valence-corrected chi connectivity index (χ4v) is 1.69. The third-order valence-electron chi connectivity index (χ3n) is 2.35. The fraction of sp³-hybridized carbons (Fsp3) is 0.273. The minimum Gasteiger partial charge on any atom is -0.356 e. The van der Waals surface area contributed by atoms with E-state index in [9.17, 15) is 4.39 Å². The highest BCUT2D eigenvalue weighted by Crippen LogP contribution is 2.22. The molecule has 0 radical (unpaired) electrons. The van der Waals surface area contributed by atoms with Crippen LogP contribution in [0.15, 0.2) is 18.2 Å². The van der Waals surface area contributed by atoms with E-state index < -0.39 is 0 Å². The van der Waals surface area contributed by atoms with Crippen LogP contribution in [-0.2, 0) is 6.42 Å². The molecule has 1 heterocycles. The van der Waals surface area contributed by atoms with Crippen LogP contribution in [0.3, 0.4) is 0 Å². The van der Waals surface area contributed by atoms with Crippen LogP contribution >= 0.6 is 0 Å². The van der Waals surface area contributed by atoms with E-state index >= 15 is 0 Å². The second-order valence-electron chi connectivity index (χ2n) is 3.30. The molecule has 0 atom stereocenters. The Morgan fingerprint density at radius 3 is 2.85 bits per heavy atom. The van der Waals surface area contributed by atoms with Crippen molar-refractivity contribution in [1.82, 2.24) is 4.98 Å². The average Bonchev–Trinajstić information content (AvgIpc) is 2.48. The molecular formula is C11H12FN. The first kappa shape index (κ1) is 8.30. The minimum atomic E-state index is -0.166. The molecule has 1 aromatic carbocycles. The van der Waals surface area contributed by atoms with Crippen LogP contribution in [0, 0.1) is 12.7 Å². The molecule has 1 aromatic heterocycles. The molecule has 1 N–H and O–H groups in total. The van der Waals surface area contributed by atoms with E-state index in [1.807, 2.05) is 19.1 Å². The summed E-state index contributed by atoms with van der Waals surface area (Å²) in [5.41, 5.74) is 2.84. The number of hydrogen-bond donors (Lipinski definition) is 1. The molecule has 0 fully saturated rings. The third kappa shape index (κ3) is 1.22. The topological polar surface area (TPSA) is 15.8 Å². The Hall–Kier alpha value is -1.31. The molecule has 0 unspecified atom stereocenters. The Bertz CT molecular complexity index is 443. The lowest BCUT2D eigenvalue weighted by Crippen LogP contribution is -1.84. The van der Waals surface area contributed by atoms with Gasteiger partial charge < -0.3 is 4.98 Å². The van der Waals surface area contributed by atoms with Crippen molar-refractivity contribution in [3.8, 4) is 0 Å². The fourth-order valence-electron chi connectivity index (χ4n) is 1.69. The number of aromatic nitrogens is 1. The summed E-state index contributed by atoms with van der Waals surface area (Å²) in [5, 5.41) is 1.01. The molecule has 68 valence electrons. The van der Waals surface area contributed by atoms with Crippen molar-refractivity contribution in [2.75, 3.05) is 0 Å². The van der Waals surface area contributed by atoms with Crippen molar-refractivity contribution in [3.63, 3.8) is 0 Å². The summed E-state index contributed by atoms with van der Waals surface area (Å²) in [4.78, 5) is 3.03. The van der Waals surface area contributed by atoms with Crippen molar-refractivity contribution in [2.45, 2.75) is 20.3 Å². The van der Waals surface area contributed by atoms with Crippen LogP contribution in [0.4, 0.5) is 4.39 Å². The van der Waals surface area contributed by atoms with E-state index in [1.165, 1.54) is 11.6 Å². The first-order valence-electron chi connectivity index (χ1n) is 4.49. The highest BCUT2D eigenvalue weighted by atomic mass is 19.1. The van der Waals surface area contributed by atoms with Crippen LogP contribution in [0.5, 0.6) is 0 Å². The van der Waals surface area contributed by atoms with Crippen molar-refractivity contribution in [1.29, 1.82) is 0 Å². The molecule has 0 amide bonds. The molecule has 0 saturated heterocycles. The largest absolute Gasteiger partial charge is 0.356 e. The molecule has 2 rings (SSSR count). The van der Waals surface area contributed by atoms with Gasteiger partial charge in [-0.15, -0.1) is 0 Å². The quantitative estimate of drug-likeness (QED) is 0.688. The predicted molar refractivity (Wildman–Crippen MR) is 52.4 cm³/mol. The highest BCUT2D eigenvalue weighted by Gasteiger charge is 2.06. The second-order valence-corrected chi connectivity index (χ2v) is 3.30. The van der Waals surface area contributed by atoms with Crippen LogP contribution in [0.25, 0.3) is 10.9 Å². The molecule has 2 heteroatoms. The molecule has 1 nitrogen and oxygen atoms in total. The van der Waals surface area contributed by atoms with E-state index in [2.05, 4.69) is 11.9 Å². The molecule has 0 saturated carbocycles. The minimum absolute atomic E-state index is 0.166. The average molecular weight is 177 g/mol. The second kappa shape index (κ2) is 2.87. The Morgan fingerprint density at radius 2 is 2.15 bits per heavy atom. The van der Waals surface area contributed by atoms with Gasteiger partial charge >= 0.3 is 0 Å². The van der Waals surface area contributed by atoms with Gasteiger partial charge in [-0.1, -0.05) is 13.0 Å². The zero-order valence-electron chi connectivity index (χ0n) is 7.82. The first-order valence-corrected chi connectivity index (χ1v) is 4.49. The first-order chi connectivity index (χ1) is 6.22. The summed E-state index contributed by atoms with van der Waals surface area (Å²) in [6.07, 6.45) is 0.939. The van der Waals surface area contributed by atoms with Gasteiger partial charge in [-0.05, 0) is 31.0 Å². The zero-order valence-corrected chi connectivity index (χ0v) is 7.82. The van der Waals surface area contributed by atoms with Gasteiger partial charge in [0.05, 0.1) is 5.52 Å². The maximum absolute atomic E-state index is 13.3. The van der Waals surface area contributed by atoms with Crippen LogP contribution < -0.4 is 0 Å². The Morgan fingerprint density at radius 1 is 1.38 bits per heavy atom. The number of benzene rings is 1. The van der Waals surface area contributed by atoms with Crippen molar-refractivity contribution in [3.05, 3.63) is 35.3 Å². The number of fused-ring (bicyclic) bond motifs is 1. The summed E-state index contributed by atoms with van der Waals surface area (Å²) in [7, 11) is 0. The molecule has 0 aliphatic rings. The van der Waals surface area contributed by atoms with Gasteiger partial charge in [0.25, 0.3) is 0 Å². The van der Waals surface area contributed by atoms with Crippen molar-refractivity contribution in [2.24, 2.45) is 0 Å². The summed E-state index contributed by atoms with van der Waals surface area (Å²) < 4.78 is 13.3. The lowest BCUT2D eigenvalue weighted by molar-refractivity contribution is 0.636. The summed E-state index contributed by atoms with van der Waals surface area (Å²) in [5.74, 6) is -0.166. The van der Waals surface area contributed by atoms with Gasteiger partial charge in [0.2, 0.25) is 0 Å². The van der Waals surface area contributed by atoms with E-state index in [1.54, 1.807) is 0 Å². The molecule has 0 aliphatic heterocycles. The van der Waals surface area contributed by atoms with Gasteiger partial charge in [-0.2, -0.15) is 0 Å². The molecular weight excluding hydrogens is 165 g/mol. The smallest absolute Gasteiger partial charge is 0.147 e.